The van der Waals surface area contributed by atoms with E-state index in [0.717, 1.165) is 25.3 Å². The minimum atomic E-state index is 0.293. The van der Waals surface area contributed by atoms with Gasteiger partial charge in [-0.25, -0.2) is 0 Å². The number of hydrogen-bond acceptors (Lipinski definition) is 1. The van der Waals surface area contributed by atoms with Crippen LogP contribution < -0.4 is 0 Å². The summed E-state index contributed by atoms with van der Waals surface area (Å²) in [6, 6.07) is 0.531. The van der Waals surface area contributed by atoms with Gasteiger partial charge in [0.25, 0.3) is 0 Å². The van der Waals surface area contributed by atoms with E-state index in [2.05, 4.69) is 32.6 Å². The Bertz CT molecular complexity index is 438. The van der Waals surface area contributed by atoms with Crippen LogP contribution in [0.5, 0.6) is 0 Å². The maximum atomic E-state index is 13.8. The van der Waals surface area contributed by atoms with Gasteiger partial charge in [-0.2, -0.15) is 0 Å². The fraction of sp³-hybridized carbons (Fsp3) is 0.969. The Morgan fingerprint density at radius 3 is 1.53 bits per heavy atom. The lowest BCUT2D eigenvalue weighted by Gasteiger charge is -2.32. The van der Waals surface area contributed by atoms with Crippen molar-refractivity contribution < 1.29 is 4.79 Å². The number of carbonyl (C=O) groups is 1. The first-order chi connectivity index (χ1) is 16.7. The van der Waals surface area contributed by atoms with Crippen molar-refractivity contribution in [3.63, 3.8) is 0 Å². The van der Waals surface area contributed by atoms with E-state index in [1.807, 2.05) is 0 Å². The molecular weight excluding hydrogens is 414 g/mol. The quantitative estimate of drug-likeness (QED) is 0.134. The number of nitrogens with zero attached hydrogens (tertiary/aromatic N) is 1. The van der Waals surface area contributed by atoms with E-state index in [1.54, 1.807) is 0 Å². The number of amides is 1. The number of carbonyl (C=O) groups excluding carboxylic acids is 1. The molecule has 2 nitrogen and oxygen atoms in total. The first kappa shape index (κ1) is 31.5. The van der Waals surface area contributed by atoms with Gasteiger partial charge < -0.3 is 4.90 Å². The molecule has 0 aromatic rings. The van der Waals surface area contributed by atoms with Gasteiger partial charge >= 0.3 is 0 Å². The maximum Gasteiger partial charge on any atom is 0.225 e. The zero-order valence-electron chi connectivity index (χ0n) is 24.1. The summed E-state index contributed by atoms with van der Waals surface area (Å²) in [5, 5.41) is 0. The molecule has 0 saturated carbocycles. The highest BCUT2D eigenvalue weighted by atomic mass is 16.2. The van der Waals surface area contributed by atoms with Gasteiger partial charge in [0.05, 0.1) is 0 Å². The fourth-order valence-corrected chi connectivity index (χ4v) is 6.12. The minimum Gasteiger partial charge on any atom is -0.339 e. The summed E-state index contributed by atoms with van der Waals surface area (Å²) in [4.78, 5) is 16.2. The number of unbranched alkanes of at least 4 members (excludes halogenated alkanes) is 12. The van der Waals surface area contributed by atoms with Crippen LogP contribution in [0.3, 0.4) is 0 Å². The van der Waals surface area contributed by atoms with E-state index < -0.39 is 0 Å². The first-order valence-electron chi connectivity index (χ1n) is 16.0. The summed E-state index contributed by atoms with van der Waals surface area (Å²) < 4.78 is 0. The van der Waals surface area contributed by atoms with Crippen molar-refractivity contribution in [2.24, 2.45) is 11.8 Å². The molecular formula is C32H63NO. The van der Waals surface area contributed by atoms with Crippen LogP contribution in [0.1, 0.15) is 175 Å². The molecule has 34 heavy (non-hydrogen) atoms. The minimum absolute atomic E-state index is 0.293. The molecule has 0 bridgehead atoms. The zero-order valence-corrected chi connectivity index (χ0v) is 24.1. The molecule has 1 rings (SSSR count). The van der Waals surface area contributed by atoms with Gasteiger partial charge in [-0.05, 0) is 38.0 Å². The lowest BCUT2D eigenvalue weighted by atomic mass is 9.87. The largest absolute Gasteiger partial charge is 0.339 e. The smallest absolute Gasteiger partial charge is 0.225 e. The van der Waals surface area contributed by atoms with Gasteiger partial charge in [-0.3, -0.25) is 4.79 Å². The van der Waals surface area contributed by atoms with Crippen molar-refractivity contribution in [3.05, 3.63) is 0 Å². The molecule has 0 unspecified atom stereocenters. The van der Waals surface area contributed by atoms with E-state index in [0.29, 0.717) is 17.9 Å². The fourth-order valence-electron chi connectivity index (χ4n) is 6.12. The predicted octanol–water partition coefficient (Wildman–Crippen LogP) is 10.5. The van der Waals surface area contributed by atoms with Gasteiger partial charge in [0, 0.05) is 18.5 Å². The highest BCUT2D eigenvalue weighted by Crippen LogP contribution is 2.32. The van der Waals surface area contributed by atoms with Crippen molar-refractivity contribution in [3.8, 4) is 0 Å². The van der Waals surface area contributed by atoms with Gasteiger partial charge in [-0.15, -0.1) is 0 Å². The van der Waals surface area contributed by atoms with Crippen LogP contribution in [0.15, 0.2) is 0 Å². The van der Waals surface area contributed by atoms with Crippen LogP contribution in [0, 0.1) is 11.8 Å². The van der Waals surface area contributed by atoms with Crippen LogP contribution >= 0.6 is 0 Å². The standard InChI is InChI=1S/C32H63NO/c1-5-9-13-17-22-29(23-18-14-10-6-2)28-31-26-21-27-33(31)32(34)30(24-19-15-11-7-3)25-20-16-12-8-4/h29-31H,5-28H2,1-4H3/t31-/m1/s1. The normalized spacial score (nSPS) is 16.3. The van der Waals surface area contributed by atoms with Crippen LogP contribution in [0.4, 0.5) is 0 Å². The Kier molecular flexibility index (Phi) is 20.1. The summed E-state index contributed by atoms with van der Waals surface area (Å²) in [6.45, 7) is 10.2. The SMILES string of the molecule is CCCCCCC(CCCCCC)C[C@H]1CCCN1C(=O)C(CCCCCC)CCCCCC. The lowest BCUT2D eigenvalue weighted by Crippen LogP contribution is -2.40. The topological polar surface area (TPSA) is 20.3 Å². The molecule has 1 atom stereocenters. The van der Waals surface area contributed by atoms with E-state index in [-0.39, 0.29) is 0 Å². The molecule has 202 valence electrons. The molecule has 0 aromatic carbocycles. The summed E-state index contributed by atoms with van der Waals surface area (Å²) in [7, 11) is 0. The van der Waals surface area contributed by atoms with Crippen molar-refractivity contribution in [1.82, 2.24) is 4.90 Å². The van der Waals surface area contributed by atoms with Gasteiger partial charge in [0.1, 0.15) is 0 Å². The van der Waals surface area contributed by atoms with E-state index in [1.165, 1.54) is 135 Å². The first-order valence-corrected chi connectivity index (χ1v) is 16.0. The average molecular weight is 478 g/mol. The molecule has 1 amide bonds. The average Bonchev–Trinajstić information content (AvgIpc) is 3.31. The predicted molar refractivity (Wildman–Crippen MR) is 151 cm³/mol. The molecule has 0 aromatic heterocycles. The highest BCUT2D eigenvalue weighted by molar-refractivity contribution is 5.79. The van der Waals surface area contributed by atoms with Crippen LogP contribution in [0.2, 0.25) is 0 Å². The Morgan fingerprint density at radius 1 is 0.647 bits per heavy atom. The zero-order chi connectivity index (χ0) is 24.9. The number of hydrogen-bond donors (Lipinski definition) is 0. The Labute approximate surface area is 215 Å². The van der Waals surface area contributed by atoms with Gasteiger partial charge in [0.2, 0.25) is 5.91 Å². The molecule has 1 aliphatic heterocycles. The van der Waals surface area contributed by atoms with Crippen molar-refractivity contribution in [2.75, 3.05) is 6.54 Å². The Balaban J connectivity index is 2.69. The second-order valence-electron chi connectivity index (χ2n) is 11.5. The Hall–Kier alpha value is -0.530. The van der Waals surface area contributed by atoms with Crippen LogP contribution in [-0.4, -0.2) is 23.4 Å². The Morgan fingerprint density at radius 2 is 1.09 bits per heavy atom. The lowest BCUT2D eigenvalue weighted by molar-refractivity contribution is -0.137. The third kappa shape index (κ3) is 14.1. The molecule has 1 aliphatic rings. The second-order valence-corrected chi connectivity index (χ2v) is 11.5. The van der Waals surface area contributed by atoms with Crippen LogP contribution in [-0.2, 0) is 4.79 Å². The summed E-state index contributed by atoms with van der Waals surface area (Å²) in [5.41, 5.74) is 0. The summed E-state index contributed by atoms with van der Waals surface area (Å²) in [5.74, 6) is 1.66. The third-order valence-corrected chi connectivity index (χ3v) is 8.36. The highest BCUT2D eigenvalue weighted by Gasteiger charge is 2.33. The molecule has 1 heterocycles. The molecule has 0 N–H and O–H groups in total. The summed E-state index contributed by atoms with van der Waals surface area (Å²) in [6.07, 6.45) is 30.1. The monoisotopic (exact) mass is 477 g/mol. The summed E-state index contributed by atoms with van der Waals surface area (Å²) >= 11 is 0. The van der Waals surface area contributed by atoms with Gasteiger partial charge in [0.15, 0.2) is 0 Å². The molecule has 0 radical (unpaired) electrons. The third-order valence-electron chi connectivity index (χ3n) is 8.36. The molecule has 0 aliphatic carbocycles. The molecule has 1 saturated heterocycles. The van der Waals surface area contributed by atoms with E-state index >= 15 is 0 Å². The van der Waals surface area contributed by atoms with Gasteiger partial charge in [-0.1, -0.05) is 143 Å². The van der Waals surface area contributed by atoms with E-state index in [9.17, 15) is 4.79 Å². The molecule has 2 heteroatoms. The van der Waals surface area contributed by atoms with Crippen molar-refractivity contribution in [1.29, 1.82) is 0 Å². The number of likely N-dealkylation sites (tertiary alicyclic amines) is 1. The maximum absolute atomic E-state index is 13.8. The van der Waals surface area contributed by atoms with Crippen molar-refractivity contribution in [2.45, 2.75) is 181 Å². The second kappa shape index (κ2) is 21.7. The molecule has 1 fully saturated rings. The number of rotatable bonds is 23. The van der Waals surface area contributed by atoms with E-state index in [4.69, 9.17) is 0 Å². The van der Waals surface area contributed by atoms with Crippen molar-refractivity contribution >= 4 is 5.91 Å². The molecule has 0 spiro atoms. The van der Waals surface area contributed by atoms with Crippen LogP contribution in [0.25, 0.3) is 0 Å².